The zero-order valence-corrected chi connectivity index (χ0v) is 22.0. The minimum atomic E-state index is -0.480. The van der Waals surface area contributed by atoms with Gasteiger partial charge in [0.15, 0.2) is 0 Å². The fraction of sp³-hybridized carbons (Fsp3) is 0.710. The maximum Gasteiger partial charge on any atom is 0.0876 e. The van der Waals surface area contributed by atoms with Crippen molar-refractivity contribution in [3.8, 4) is 0 Å². The molecule has 1 fully saturated rings. The van der Waals surface area contributed by atoms with Crippen molar-refractivity contribution in [1.82, 2.24) is 0 Å². The predicted molar refractivity (Wildman–Crippen MR) is 145 cm³/mol. The average molecular weight is 468 g/mol. The van der Waals surface area contributed by atoms with Crippen LogP contribution in [-0.2, 0) is 4.74 Å². The van der Waals surface area contributed by atoms with E-state index in [0.29, 0.717) is 17.9 Å². The Morgan fingerprint density at radius 3 is 2.59 bits per heavy atom. The number of aliphatic hydroxyl groups excluding tert-OH is 1. The van der Waals surface area contributed by atoms with Crippen LogP contribution in [0.5, 0.6) is 0 Å². The van der Waals surface area contributed by atoms with Crippen LogP contribution in [0.15, 0.2) is 53.1 Å². The molecule has 0 radical (unpaired) electrons. The summed E-state index contributed by atoms with van der Waals surface area (Å²) in [5.74, 6) is 1.42. The number of hydrogen-bond donors (Lipinski definition) is 1. The second-order valence-electron chi connectivity index (χ2n) is 11.3. The molecule has 5 unspecified atom stereocenters. The molecule has 0 heterocycles. The highest BCUT2D eigenvalue weighted by Crippen LogP contribution is 2.41. The minimum absolute atomic E-state index is 0.00850. The second-order valence-corrected chi connectivity index (χ2v) is 11.3. The number of aliphatic imine (C=N–C) groups is 1. The van der Waals surface area contributed by atoms with Crippen LogP contribution in [-0.4, -0.2) is 36.2 Å². The molecule has 0 saturated heterocycles. The molecule has 190 valence electrons. The Hall–Kier alpha value is -1.45. The van der Waals surface area contributed by atoms with Crippen molar-refractivity contribution >= 4 is 6.72 Å². The van der Waals surface area contributed by atoms with E-state index in [9.17, 15) is 5.11 Å². The first-order chi connectivity index (χ1) is 16.4. The number of ether oxygens (including phenoxy) is 1. The van der Waals surface area contributed by atoms with Crippen molar-refractivity contribution in [2.45, 2.75) is 116 Å². The standard InChI is InChI=1S/C31H49NO2/c1-6-7-8-10-13-25-20-26(30(32-5)23(4)18-22(2)3)21-28(29(33)19-24-16-17-24)31(25)34-27-14-11-9-12-15-27/h10,13,16-17,21-22,24-27,29-31,33H,4-9,11-12,14-15,18-20H2,1-3H3. The van der Waals surface area contributed by atoms with Gasteiger partial charge in [0.05, 0.1) is 24.4 Å². The van der Waals surface area contributed by atoms with Gasteiger partial charge in [0.2, 0.25) is 0 Å². The molecule has 0 bridgehead atoms. The zero-order valence-electron chi connectivity index (χ0n) is 22.0. The summed E-state index contributed by atoms with van der Waals surface area (Å²) < 4.78 is 6.86. The molecule has 3 rings (SSSR count). The monoisotopic (exact) mass is 467 g/mol. The lowest BCUT2D eigenvalue weighted by Gasteiger charge is -2.41. The van der Waals surface area contributed by atoms with Gasteiger partial charge in [-0.3, -0.25) is 4.99 Å². The van der Waals surface area contributed by atoms with Crippen molar-refractivity contribution < 1.29 is 9.84 Å². The van der Waals surface area contributed by atoms with E-state index in [0.717, 1.165) is 49.7 Å². The Kier molecular flexibility index (Phi) is 10.8. The van der Waals surface area contributed by atoms with Gasteiger partial charge < -0.3 is 9.84 Å². The van der Waals surface area contributed by atoms with E-state index >= 15 is 0 Å². The van der Waals surface area contributed by atoms with Crippen LogP contribution in [0.3, 0.4) is 0 Å². The molecular formula is C31H49NO2. The topological polar surface area (TPSA) is 41.8 Å². The quantitative estimate of drug-likeness (QED) is 0.162. The molecule has 3 aliphatic rings. The van der Waals surface area contributed by atoms with E-state index in [1.165, 1.54) is 32.1 Å². The number of rotatable bonds is 14. The maximum atomic E-state index is 11.4. The Morgan fingerprint density at radius 2 is 1.97 bits per heavy atom. The largest absolute Gasteiger partial charge is 0.389 e. The number of hydrogen-bond acceptors (Lipinski definition) is 3. The van der Waals surface area contributed by atoms with Gasteiger partial charge in [-0.2, -0.15) is 0 Å². The van der Waals surface area contributed by atoms with Gasteiger partial charge in [-0.15, -0.1) is 0 Å². The predicted octanol–water partition coefficient (Wildman–Crippen LogP) is 7.62. The third-order valence-electron chi connectivity index (χ3n) is 7.70. The van der Waals surface area contributed by atoms with Gasteiger partial charge in [-0.25, -0.2) is 0 Å². The average Bonchev–Trinajstić information content (AvgIpc) is 3.62. The van der Waals surface area contributed by atoms with Crippen LogP contribution in [0.1, 0.15) is 91.4 Å². The summed E-state index contributed by atoms with van der Waals surface area (Å²) in [5, 5.41) is 11.4. The fourth-order valence-corrected chi connectivity index (χ4v) is 5.82. The molecule has 0 aromatic heterocycles. The first kappa shape index (κ1) is 27.1. The van der Waals surface area contributed by atoms with Crippen molar-refractivity contribution in [2.24, 2.45) is 28.7 Å². The molecule has 3 nitrogen and oxygen atoms in total. The van der Waals surface area contributed by atoms with E-state index in [4.69, 9.17) is 4.74 Å². The summed E-state index contributed by atoms with van der Waals surface area (Å²) in [5.41, 5.74) is 2.23. The van der Waals surface area contributed by atoms with Gasteiger partial charge in [-0.1, -0.05) is 95.4 Å². The first-order valence-corrected chi connectivity index (χ1v) is 14.0. The molecular weight excluding hydrogens is 418 g/mol. The highest BCUT2D eigenvalue weighted by atomic mass is 16.5. The molecule has 0 aromatic carbocycles. The third kappa shape index (κ3) is 8.05. The van der Waals surface area contributed by atoms with Gasteiger partial charge in [0.1, 0.15) is 0 Å². The molecule has 34 heavy (non-hydrogen) atoms. The summed E-state index contributed by atoms with van der Waals surface area (Å²) in [7, 11) is 0. The highest BCUT2D eigenvalue weighted by Gasteiger charge is 2.39. The Labute approximate surface area is 209 Å². The maximum absolute atomic E-state index is 11.4. The summed E-state index contributed by atoms with van der Waals surface area (Å²) in [6, 6.07) is -0.00850. The molecule has 0 aromatic rings. The van der Waals surface area contributed by atoms with Crippen molar-refractivity contribution in [3.63, 3.8) is 0 Å². The van der Waals surface area contributed by atoms with Gasteiger partial charge >= 0.3 is 0 Å². The van der Waals surface area contributed by atoms with E-state index in [2.05, 4.69) is 69.4 Å². The lowest BCUT2D eigenvalue weighted by atomic mass is 9.73. The second kappa shape index (κ2) is 13.6. The van der Waals surface area contributed by atoms with Crippen molar-refractivity contribution in [3.05, 3.63) is 48.1 Å². The molecule has 0 spiro atoms. The number of allylic oxidation sites excluding steroid dienone is 3. The van der Waals surface area contributed by atoms with Crippen LogP contribution in [0.2, 0.25) is 0 Å². The molecule has 3 heteroatoms. The summed E-state index contributed by atoms with van der Waals surface area (Å²) in [6.45, 7) is 15.1. The van der Waals surface area contributed by atoms with Crippen molar-refractivity contribution in [2.75, 3.05) is 0 Å². The molecule has 1 saturated carbocycles. The van der Waals surface area contributed by atoms with Gasteiger partial charge in [-0.05, 0) is 62.7 Å². The lowest BCUT2D eigenvalue weighted by molar-refractivity contribution is -0.0472. The van der Waals surface area contributed by atoms with E-state index in [-0.39, 0.29) is 24.0 Å². The first-order valence-electron chi connectivity index (χ1n) is 14.0. The molecule has 0 amide bonds. The van der Waals surface area contributed by atoms with Gasteiger partial charge in [0, 0.05) is 11.8 Å². The molecule has 5 atom stereocenters. The van der Waals surface area contributed by atoms with Crippen LogP contribution >= 0.6 is 0 Å². The van der Waals surface area contributed by atoms with Crippen molar-refractivity contribution in [1.29, 1.82) is 0 Å². The summed E-state index contributed by atoms with van der Waals surface area (Å²) >= 11 is 0. The minimum Gasteiger partial charge on any atom is -0.389 e. The highest BCUT2D eigenvalue weighted by molar-refractivity contribution is 5.32. The molecule has 0 aliphatic heterocycles. The lowest BCUT2D eigenvalue weighted by Crippen LogP contribution is -2.41. The molecule has 3 aliphatic carbocycles. The van der Waals surface area contributed by atoms with E-state index in [1.807, 2.05) is 0 Å². The smallest absolute Gasteiger partial charge is 0.0876 e. The van der Waals surface area contributed by atoms with E-state index in [1.54, 1.807) is 0 Å². The van der Waals surface area contributed by atoms with Gasteiger partial charge in [0.25, 0.3) is 0 Å². The summed E-state index contributed by atoms with van der Waals surface area (Å²) in [4.78, 5) is 4.56. The van der Waals surface area contributed by atoms with Crippen LogP contribution in [0, 0.1) is 23.7 Å². The summed E-state index contributed by atoms with van der Waals surface area (Å²) in [6.07, 6.45) is 23.5. The third-order valence-corrected chi connectivity index (χ3v) is 7.70. The fourth-order valence-electron chi connectivity index (χ4n) is 5.82. The Bertz CT molecular complexity index is 737. The van der Waals surface area contributed by atoms with Crippen LogP contribution < -0.4 is 0 Å². The number of nitrogens with zero attached hydrogens (tertiary/aromatic N) is 1. The van der Waals surface area contributed by atoms with Crippen LogP contribution in [0.4, 0.5) is 0 Å². The normalized spacial score (nSPS) is 27.7. The number of aliphatic hydroxyl groups is 1. The SMILES string of the molecule is C=NC(C(=C)CC(C)C)C1C=C(C(O)CC2C=C2)C(OC2CCCCC2)C(C=CCCCC)C1. The molecule has 1 N–H and O–H groups in total. The Morgan fingerprint density at radius 1 is 1.24 bits per heavy atom. The van der Waals surface area contributed by atoms with Crippen LogP contribution in [0.25, 0.3) is 0 Å². The Balaban J connectivity index is 1.89. The van der Waals surface area contributed by atoms with E-state index < -0.39 is 6.10 Å². The zero-order chi connectivity index (χ0) is 24.5. The number of unbranched alkanes of at least 4 members (excludes halogenated alkanes) is 2.